The maximum absolute atomic E-state index is 9.14. The summed E-state index contributed by atoms with van der Waals surface area (Å²) in [6.07, 6.45) is 9.14. The average molecular weight is 657 g/mol. The SMILES string of the molecule is CC(c1ccc(O)cc1)C(C)(C)C.CCC.CCC.CCCC(CC)OC(CC(C)(C)C)Oc1ccc(C(CCC)C(C)(C)C)cc1. The summed E-state index contributed by atoms with van der Waals surface area (Å²) in [5, 5.41) is 9.14. The molecule has 3 nitrogen and oxygen atoms in total. The monoisotopic (exact) mass is 657 g/mol. The molecule has 274 valence electrons. The van der Waals surface area contributed by atoms with Gasteiger partial charge in [0.15, 0.2) is 0 Å². The highest BCUT2D eigenvalue weighted by Crippen LogP contribution is 2.39. The van der Waals surface area contributed by atoms with Gasteiger partial charge in [-0.15, -0.1) is 0 Å². The quantitative estimate of drug-likeness (QED) is 0.231. The highest BCUT2D eigenvalue weighted by atomic mass is 16.7. The Kier molecular flexibility index (Phi) is 24.2. The second-order valence-corrected chi connectivity index (χ2v) is 16.6. The van der Waals surface area contributed by atoms with E-state index in [0.717, 1.165) is 31.4 Å². The van der Waals surface area contributed by atoms with Crippen LogP contribution in [0.2, 0.25) is 0 Å². The molecule has 0 heterocycles. The minimum Gasteiger partial charge on any atom is -0.508 e. The average Bonchev–Trinajstić information content (AvgIpc) is 2.95. The van der Waals surface area contributed by atoms with E-state index in [4.69, 9.17) is 14.6 Å². The zero-order chi connectivity index (χ0) is 36.8. The van der Waals surface area contributed by atoms with Crippen molar-refractivity contribution in [3.05, 3.63) is 59.7 Å². The van der Waals surface area contributed by atoms with Crippen molar-refractivity contribution in [2.75, 3.05) is 0 Å². The van der Waals surface area contributed by atoms with Crippen LogP contribution in [0.4, 0.5) is 0 Å². The largest absolute Gasteiger partial charge is 0.508 e. The van der Waals surface area contributed by atoms with Crippen molar-refractivity contribution < 1.29 is 14.6 Å². The lowest BCUT2D eigenvalue weighted by Gasteiger charge is -2.32. The fourth-order valence-corrected chi connectivity index (χ4v) is 5.10. The number of hydrogen-bond acceptors (Lipinski definition) is 3. The number of hydrogen-bond donors (Lipinski definition) is 1. The Labute approximate surface area is 294 Å². The number of rotatable bonds is 12. The summed E-state index contributed by atoms with van der Waals surface area (Å²) in [5.41, 5.74) is 3.40. The van der Waals surface area contributed by atoms with E-state index in [2.05, 4.69) is 142 Å². The summed E-state index contributed by atoms with van der Waals surface area (Å²) in [6, 6.07) is 16.2. The maximum Gasteiger partial charge on any atom is 0.200 e. The van der Waals surface area contributed by atoms with Gasteiger partial charge >= 0.3 is 0 Å². The molecule has 0 aliphatic carbocycles. The lowest BCUT2D eigenvalue weighted by atomic mass is 9.74. The molecule has 47 heavy (non-hydrogen) atoms. The van der Waals surface area contributed by atoms with E-state index < -0.39 is 0 Å². The van der Waals surface area contributed by atoms with Gasteiger partial charge in [0.2, 0.25) is 6.29 Å². The molecule has 0 saturated heterocycles. The summed E-state index contributed by atoms with van der Waals surface area (Å²) < 4.78 is 12.7. The molecule has 0 aliphatic heterocycles. The molecule has 2 aromatic carbocycles. The van der Waals surface area contributed by atoms with Gasteiger partial charge in [-0.1, -0.05) is 168 Å². The number of phenolic OH excluding ortho intramolecular Hbond substituents is 1. The Balaban J connectivity index is 0. The first-order chi connectivity index (χ1) is 21.7. The van der Waals surface area contributed by atoms with Gasteiger partial charge in [0.25, 0.3) is 0 Å². The molecule has 0 aromatic heterocycles. The third-order valence-electron chi connectivity index (χ3n) is 8.05. The van der Waals surface area contributed by atoms with Gasteiger partial charge < -0.3 is 14.6 Å². The third-order valence-corrected chi connectivity index (χ3v) is 8.05. The predicted octanol–water partition coefficient (Wildman–Crippen LogP) is 14.7. The summed E-state index contributed by atoms with van der Waals surface area (Å²) >= 11 is 0. The van der Waals surface area contributed by atoms with Gasteiger partial charge in [0.1, 0.15) is 11.5 Å². The van der Waals surface area contributed by atoms with Gasteiger partial charge in [-0.3, -0.25) is 0 Å². The van der Waals surface area contributed by atoms with Crippen LogP contribution >= 0.6 is 0 Å². The zero-order valence-electron chi connectivity index (χ0n) is 34.3. The molecular weight excluding hydrogens is 576 g/mol. The number of ether oxygens (including phenoxy) is 2. The van der Waals surface area contributed by atoms with E-state index in [0.29, 0.717) is 17.6 Å². The Hall–Kier alpha value is -2.00. The molecule has 1 N–H and O–H groups in total. The van der Waals surface area contributed by atoms with Crippen LogP contribution < -0.4 is 4.74 Å². The van der Waals surface area contributed by atoms with Crippen LogP contribution in [-0.2, 0) is 4.74 Å². The van der Waals surface area contributed by atoms with Crippen LogP contribution in [0.15, 0.2) is 48.5 Å². The van der Waals surface area contributed by atoms with Crippen molar-refractivity contribution >= 4 is 0 Å². The topological polar surface area (TPSA) is 38.7 Å². The highest BCUT2D eigenvalue weighted by molar-refractivity contribution is 5.31. The summed E-state index contributed by atoms with van der Waals surface area (Å²) in [5.74, 6) is 2.33. The number of phenols is 1. The molecule has 0 radical (unpaired) electrons. The highest BCUT2D eigenvalue weighted by Gasteiger charge is 2.27. The van der Waals surface area contributed by atoms with E-state index in [1.54, 1.807) is 12.1 Å². The Morgan fingerprint density at radius 2 is 1.06 bits per heavy atom. The van der Waals surface area contributed by atoms with Gasteiger partial charge in [0, 0.05) is 6.42 Å². The minimum absolute atomic E-state index is 0.160. The van der Waals surface area contributed by atoms with Crippen molar-refractivity contribution in [2.24, 2.45) is 16.2 Å². The first-order valence-corrected chi connectivity index (χ1v) is 18.9. The van der Waals surface area contributed by atoms with Crippen molar-refractivity contribution in [3.8, 4) is 11.5 Å². The smallest absolute Gasteiger partial charge is 0.200 e. The second-order valence-electron chi connectivity index (χ2n) is 16.6. The first-order valence-electron chi connectivity index (χ1n) is 18.9. The lowest BCUT2D eigenvalue weighted by Crippen LogP contribution is -2.31. The van der Waals surface area contributed by atoms with E-state index in [1.165, 1.54) is 36.8 Å². The fraction of sp³-hybridized carbons (Fsp3) is 0.727. The number of aromatic hydroxyl groups is 1. The molecular formula is C44H80O3. The van der Waals surface area contributed by atoms with E-state index in [9.17, 15) is 0 Å². The van der Waals surface area contributed by atoms with Crippen molar-refractivity contribution in [3.63, 3.8) is 0 Å². The van der Waals surface area contributed by atoms with E-state index in [-0.39, 0.29) is 28.6 Å². The van der Waals surface area contributed by atoms with Crippen molar-refractivity contribution in [1.29, 1.82) is 0 Å². The van der Waals surface area contributed by atoms with E-state index >= 15 is 0 Å². The lowest BCUT2D eigenvalue weighted by molar-refractivity contribution is -0.137. The van der Waals surface area contributed by atoms with Crippen molar-refractivity contribution in [1.82, 2.24) is 0 Å². The molecule has 2 rings (SSSR count). The summed E-state index contributed by atoms with van der Waals surface area (Å²) in [7, 11) is 0. The van der Waals surface area contributed by atoms with E-state index in [1.807, 2.05) is 12.1 Å². The molecule has 0 amide bonds. The summed E-state index contributed by atoms with van der Waals surface area (Å²) in [4.78, 5) is 0. The van der Waals surface area contributed by atoms with Gasteiger partial charge in [-0.25, -0.2) is 0 Å². The van der Waals surface area contributed by atoms with Crippen LogP contribution in [-0.4, -0.2) is 17.5 Å². The molecule has 0 fully saturated rings. The normalized spacial score (nSPS) is 14.1. The summed E-state index contributed by atoms with van der Waals surface area (Å²) in [6.45, 7) is 37.8. The van der Waals surface area contributed by atoms with Crippen molar-refractivity contribution in [2.45, 2.75) is 193 Å². The standard InChI is InChI=1S/C26H46O2.C12H18O.2C3H8/c1-10-13-21(12-3)27-24(19-25(4,5)6)28-22-17-15-20(16-18-22)23(14-11-2)26(7,8)9;1-9(12(2,3)4)10-5-7-11(13)8-6-10;2*1-3-2/h15-18,21,23-24H,10-14,19H2,1-9H3;5-9,13H,1-4H3;2*3H2,1-2H3. The zero-order valence-corrected chi connectivity index (χ0v) is 34.3. The molecule has 2 aromatic rings. The molecule has 3 heteroatoms. The predicted molar refractivity (Wildman–Crippen MR) is 210 cm³/mol. The van der Waals surface area contributed by atoms with Crippen LogP contribution in [0.3, 0.4) is 0 Å². The molecule has 4 unspecified atom stereocenters. The Morgan fingerprint density at radius 3 is 1.43 bits per heavy atom. The van der Waals surface area contributed by atoms with Crippen LogP contribution in [0.5, 0.6) is 11.5 Å². The Bertz CT molecular complexity index is 985. The maximum atomic E-state index is 9.14. The van der Waals surface area contributed by atoms with Gasteiger partial charge in [0.05, 0.1) is 6.10 Å². The van der Waals surface area contributed by atoms with Gasteiger partial charge in [-0.05, 0) is 82.7 Å². The molecule has 0 saturated carbocycles. The molecule has 0 aliphatic rings. The van der Waals surface area contributed by atoms with Crippen LogP contribution in [0.1, 0.15) is 192 Å². The minimum atomic E-state index is -0.198. The molecule has 0 spiro atoms. The first kappa shape index (κ1) is 47.1. The number of benzene rings is 2. The Morgan fingerprint density at radius 1 is 0.617 bits per heavy atom. The van der Waals surface area contributed by atoms with Gasteiger partial charge in [-0.2, -0.15) is 0 Å². The molecule has 0 bridgehead atoms. The van der Waals surface area contributed by atoms with Crippen LogP contribution in [0.25, 0.3) is 0 Å². The third kappa shape index (κ3) is 22.3. The van der Waals surface area contributed by atoms with Crippen LogP contribution in [0, 0.1) is 16.2 Å². The molecule has 4 atom stereocenters. The fourth-order valence-electron chi connectivity index (χ4n) is 5.10. The second kappa shape index (κ2) is 24.2.